The van der Waals surface area contributed by atoms with E-state index in [1.165, 1.54) is 0 Å². The summed E-state index contributed by atoms with van der Waals surface area (Å²) in [5.41, 5.74) is 3.36. The minimum Gasteiger partial charge on any atom is -0.449 e. The fourth-order valence-corrected chi connectivity index (χ4v) is 5.75. The van der Waals surface area contributed by atoms with E-state index >= 15 is 0 Å². The predicted molar refractivity (Wildman–Crippen MR) is 197 cm³/mol. The van der Waals surface area contributed by atoms with Crippen molar-refractivity contribution in [3.05, 3.63) is 83.6 Å². The molecular weight excluding hydrogens is 644 g/mol. The van der Waals surface area contributed by atoms with Crippen molar-refractivity contribution in [3.63, 3.8) is 0 Å². The third-order valence-electron chi connectivity index (χ3n) is 8.30. The molecule has 1 aromatic carbocycles. The number of carbonyl (C=O) groups is 2. The molecule has 1 heterocycles. The zero-order valence-corrected chi connectivity index (χ0v) is 31.2. The van der Waals surface area contributed by atoms with Gasteiger partial charge in [-0.2, -0.15) is 0 Å². The molecule has 0 aliphatic carbocycles. The first-order valence-electron chi connectivity index (χ1n) is 17.1. The van der Waals surface area contributed by atoms with Crippen LogP contribution >= 0.6 is 11.6 Å². The fraction of sp³-hybridized carbons (Fsp3) is 0.541. The first-order valence-corrected chi connectivity index (χ1v) is 17.5. The van der Waals surface area contributed by atoms with Crippen LogP contribution in [0.25, 0.3) is 5.57 Å². The Morgan fingerprint density at radius 3 is 2.43 bits per heavy atom. The lowest BCUT2D eigenvalue weighted by Gasteiger charge is -2.38. The molecule has 0 radical (unpaired) electrons. The number of alkyl carbamates (subject to hydrolysis) is 1. The summed E-state index contributed by atoms with van der Waals surface area (Å²) in [6.07, 6.45) is 10.1. The third kappa shape index (κ3) is 11.9. The second kappa shape index (κ2) is 21.3. The van der Waals surface area contributed by atoms with E-state index in [4.69, 9.17) is 21.1 Å². The Balaban J connectivity index is 2.69. The van der Waals surface area contributed by atoms with Crippen molar-refractivity contribution in [1.29, 1.82) is 0 Å². The molecule has 0 saturated carbocycles. The molecule has 12 heteroatoms. The van der Waals surface area contributed by atoms with Gasteiger partial charge >= 0.3 is 12.2 Å². The topological polar surface area (TPSA) is 121 Å². The molecule has 0 spiro atoms. The molecule has 0 aliphatic rings. The van der Waals surface area contributed by atoms with Crippen molar-refractivity contribution < 1.29 is 24.2 Å². The molecule has 272 valence electrons. The summed E-state index contributed by atoms with van der Waals surface area (Å²) < 4.78 is 13.0. The second-order valence-electron chi connectivity index (χ2n) is 12.2. The van der Waals surface area contributed by atoms with Crippen molar-refractivity contribution in [2.45, 2.75) is 79.1 Å². The van der Waals surface area contributed by atoms with Crippen LogP contribution in [0.5, 0.6) is 0 Å². The number of ether oxygens (including phenoxy) is 2. The van der Waals surface area contributed by atoms with Crippen LogP contribution < -0.4 is 10.6 Å². The molecule has 4 atom stereocenters. The number of amides is 2. The van der Waals surface area contributed by atoms with Gasteiger partial charge in [0.25, 0.3) is 0 Å². The lowest BCUT2D eigenvalue weighted by Crippen LogP contribution is -2.46. The summed E-state index contributed by atoms with van der Waals surface area (Å²) in [4.78, 5) is 34.5. The van der Waals surface area contributed by atoms with Crippen molar-refractivity contribution in [1.82, 2.24) is 30.0 Å². The minimum absolute atomic E-state index is 0.177. The van der Waals surface area contributed by atoms with E-state index in [9.17, 15) is 14.7 Å². The quantitative estimate of drug-likeness (QED) is 0.128. The maximum absolute atomic E-state index is 13.2. The number of aryl methyl sites for hydroxylation is 1. The standard InChI is InChI=1S/C37H57ClN6O5/c1-10-18-40-32(13-4)35(43(14-5)19-20-44(15-6)37(47)49-28(11-2)23-45)30-17-16-27(38)21-31(30)29(12-3)34(33-22-39-25-42(33)9)41-36(46)48-24-26(7)8/h10,12-13,16-18,21-22,25-26,28,32,34-35,40,45H,4,11,14-15,19-20,23-24H2,1-3,5-9H3,(H,41,46)/b18-10-,29-12+/t28-,32?,34+,35-/m0/s1. The average Bonchev–Trinajstić information content (AvgIpc) is 3.52. The highest BCUT2D eigenvalue weighted by molar-refractivity contribution is 6.30. The number of carbonyl (C=O) groups excluding carboxylic acids is 2. The van der Waals surface area contributed by atoms with E-state index in [-0.39, 0.29) is 31.2 Å². The van der Waals surface area contributed by atoms with Gasteiger partial charge in [-0.3, -0.25) is 4.90 Å². The third-order valence-corrected chi connectivity index (χ3v) is 8.53. The van der Waals surface area contributed by atoms with Crippen LogP contribution in [-0.2, 0) is 16.5 Å². The van der Waals surface area contributed by atoms with Gasteiger partial charge in [0.2, 0.25) is 0 Å². The number of aliphatic hydroxyl groups is 1. The number of likely N-dealkylation sites (N-methyl/N-ethyl adjacent to an activating group) is 2. The summed E-state index contributed by atoms with van der Waals surface area (Å²) in [5, 5.41) is 16.7. The number of aromatic nitrogens is 2. The number of nitrogens with zero attached hydrogens (tertiary/aromatic N) is 4. The Morgan fingerprint density at radius 1 is 1.16 bits per heavy atom. The van der Waals surface area contributed by atoms with Crippen molar-refractivity contribution in [2.24, 2.45) is 13.0 Å². The number of rotatable bonds is 20. The fourth-order valence-electron chi connectivity index (χ4n) is 5.57. The van der Waals surface area contributed by atoms with Gasteiger partial charge in [0.1, 0.15) is 6.10 Å². The molecule has 1 unspecified atom stereocenters. The van der Waals surface area contributed by atoms with Crippen LogP contribution in [0.3, 0.4) is 0 Å². The van der Waals surface area contributed by atoms with E-state index in [1.54, 1.807) is 17.4 Å². The Morgan fingerprint density at radius 2 is 1.90 bits per heavy atom. The molecule has 0 bridgehead atoms. The van der Waals surface area contributed by atoms with Gasteiger partial charge in [0.15, 0.2) is 0 Å². The number of hydrogen-bond donors (Lipinski definition) is 3. The van der Waals surface area contributed by atoms with Gasteiger partial charge in [-0.15, -0.1) is 6.58 Å². The molecule has 3 N–H and O–H groups in total. The number of imidazole rings is 1. The molecule has 0 aliphatic heterocycles. The molecule has 2 amide bonds. The van der Waals surface area contributed by atoms with Gasteiger partial charge in [-0.05, 0) is 74.7 Å². The normalized spacial score (nSPS) is 14.4. The first-order chi connectivity index (χ1) is 23.5. The smallest absolute Gasteiger partial charge is 0.410 e. The Hall–Kier alpha value is -3.80. The number of hydrogen-bond acceptors (Lipinski definition) is 8. The van der Waals surface area contributed by atoms with E-state index in [2.05, 4.69) is 34.0 Å². The van der Waals surface area contributed by atoms with Crippen LogP contribution in [0, 0.1) is 5.92 Å². The monoisotopic (exact) mass is 700 g/mol. The van der Waals surface area contributed by atoms with E-state index in [1.807, 2.05) is 95.8 Å². The number of nitrogens with one attached hydrogen (secondary N) is 2. The number of aliphatic hydroxyl groups excluding tert-OH is 1. The maximum Gasteiger partial charge on any atom is 0.410 e. The highest BCUT2D eigenvalue weighted by atomic mass is 35.5. The van der Waals surface area contributed by atoms with Crippen LogP contribution in [-0.4, -0.2) is 88.2 Å². The maximum atomic E-state index is 13.2. The van der Waals surface area contributed by atoms with Crippen LogP contribution in [0.2, 0.25) is 5.02 Å². The summed E-state index contributed by atoms with van der Waals surface area (Å²) in [7, 11) is 1.88. The van der Waals surface area contributed by atoms with E-state index in [0.29, 0.717) is 37.6 Å². The molecular formula is C37H57ClN6O5. The molecule has 2 rings (SSSR count). The molecule has 2 aromatic rings. The lowest BCUT2D eigenvalue weighted by atomic mass is 9.86. The lowest BCUT2D eigenvalue weighted by molar-refractivity contribution is 0.0297. The van der Waals surface area contributed by atoms with Crippen molar-refractivity contribution in [2.75, 3.05) is 39.4 Å². The zero-order valence-electron chi connectivity index (χ0n) is 30.5. The van der Waals surface area contributed by atoms with Crippen LogP contribution in [0.4, 0.5) is 9.59 Å². The largest absolute Gasteiger partial charge is 0.449 e. The highest BCUT2D eigenvalue weighted by Crippen LogP contribution is 2.39. The molecule has 1 aromatic heterocycles. The van der Waals surface area contributed by atoms with E-state index in [0.717, 1.165) is 22.4 Å². The molecule has 0 saturated heterocycles. The van der Waals surface area contributed by atoms with Crippen molar-refractivity contribution >= 4 is 29.4 Å². The summed E-state index contributed by atoms with van der Waals surface area (Å²) in [6, 6.07) is 4.65. The van der Waals surface area contributed by atoms with Gasteiger partial charge < -0.3 is 34.7 Å². The van der Waals surface area contributed by atoms with Gasteiger partial charge in [0.05, 0.1) is 49.6 Å². The van der Waals surface area contributed by atoms with Gasteiger partial charge in [-0.1, -0.05) is 63.6 Å². The Bertz CT molecular complexity index is 1390. The second-order valence-corrected chi connectivity index (χ2v) is 12.6. The van der Waals surface area contributed by atoms with Crippen LogP contribution in [0.15, 0.2) is 61.7 Å². The molecule has 0 fully saturated rings. The average molecular weight is 701 g/mol. The van der Waals surface area contributed by atoms with Gasteiger partial charge in [0, 0.05) is 31.7 Å². The predicted octanol–water partition coefficient (Wildman–Crippen LogP) is 6.87. The van der Waals surface area contributed by atoms with Crippen molar-refractivity contribution in [3.8, 4) is 0 Å². The van der Waals surface area contributed by atoms with E-state index < -0.39 is 24.3 Å². The zero-order chi connectivity index (χ0) is 36.5. The Kier molecular flexibility index (Phi) is 18.0. The molecule has 11 nitrogen and oxygen atoms in total. The molecule has 49 heavy (non-hydrogen) atoms. The first kappa shape index (κ1) is 41.4. The summed E-state index contributed by atoms with van der Waals surface area (Å²) >= 11 is 6.71. The number of benzene rings is 1. The summed E-state index contributed by atoms with van der Waals surface area (Å²) in [5.74, 6) is 0.177. The Labute approximate surface area is 298 Å². The number of halogens is 1. The van der Waals surface area contributed by atoms with Crippen LogP contribution in [0.1, 0.15) is 83.8 Å². The summed E-state index contributed by atoms with van der Waals surface area (Å²) in [6.45, 7) is 19.9. The highest BCUT2D eigenvalue weighted by Gasteiger charge is 2.33. The van der Waals surface area contributed by atoms with Gasteiger partial charge in [-0.25, -0.2) is 14.6 Å². The SMILES string of the molecule is C=CC(N/C=C\C)[C@H](c1ccc(Cl)cc1/C(=C\C)[C@@H](NC(=O)OCC(C)C)c1cncn1C)N(CC)CCN(CC)C(=O)O[C@@H](CC)CO. The number of allylic oxidation sites excluding steroid dienone is 2. The minimum atomic E-state index is -0.612.